The molecular formula is C16H19ClO4. The van der Waals surface area contributed by atoms with E-state index >= 15 is 0 Å². The topological polar surface area (TPSA) is 36.9 Å². The average Bonchev–Trinajstić information content (AvgIpc) is 3.29. The molecule has 0 unspecified atom stereocenters. The Morgan fingerprint density at radius 2 is 2.00 bits per heavy atom. The molecule has 1 aromatic rings. The lowest BCUT2D eigenvalue weighted by Crippen LogP contribution is -2.49. The van der Waals surface area contributed by atoms with Crippen molar-refractivity contribution in [2.45, 2.75) is 24.8 Å². The van der Waals surface area contributed by atoms with E-state index in [1.807, 2.05) is 30.3 Å². The van der Waals surface area contributed by atoms with Gasteiger partial charge in [0.05, 0.1) is 12.7 Å². The third kappa shape index (κ3) is 2.30. The van der Waals surface area contributed by atoms with Crippen molar-refractivity contribution < 1.29 is 18.9 Å². The molecule has 114 valence electrons. The highest BCUT2D eigenvalue weighted by molar-refractivity contribution is 6.18. The Kier molecular flexibility index (Phi) is 3.67. The summed E-state index contributed by atoms with van der Waals surface area (Å²) in [5, 5.41) is 0. The number of hydrogen-bond acceptors (Lipinski definition) is 4. The van der Waals surface area contributed by atoms with Crippen LogP contribution in [0.5, 0.6) is 0 Å². The minimum absolute atomic E-state index is 0.0455. The van der Waals surface area contributed by atoms with Gasteiger partial charge >= 0.3 is 0 Å². The largest absolute Gasteiger partial charge is 0.356 e. The van der Waals surface area contributed by atoms with Crippen molar-refractivity contribution in [1.82, 2.24) is 0 Å². The number of ether oxygens (including phenoxy) is 4. The molecule has 1 saturated carbocycles. The molecule has 0 bridgehead atoms. The second-order valence-electron chi connectivity index (χ2n) is 5.93. The van der Waals surface area contributed by atoms with Gasteiger partial charge in [-0.3, -0.25) is 0 Å². The highest BCUT2D eigenvalue weighted by atomic mass is 35.5. The molecule has 0 N–H and O–H groups in total. The summed E-state index contributed by atoms with van der Waals surface area (Å²) in [7, 11) is 1.68. The fraction of sp³-hybridized carbons (Fsp3) is 0.625. The first-order chi connectivity index (χ1) is 10.3. The van der Waals surface area contributed by atoms with Crippen LogP contribution in [0.1, 0.15) is 11.9 Å². The molecule has 3 fully saturated rings. The number of rotatable bonds is 3. The normalized spacial score (nSPS) is 44.8. The van der Waals surface area contributed by atoms with Crippen LogP contribution in [0.4, 0.5) is 0 Å². The molecule has 7 atom stereocenters. The third-order valence-corrected chi connectivity index (χ3v) is 5.19. The monoisotopic (exact) mass is 310 g/mol. The number of methoxy groups -OCH3 is 1. The summed E-state index contributed by atoms with van der Waals surface area (Å²) in [6.45, 7) is 0.530. The standard InChI is InChI=1S/C16H19ClO4/c1-18-16-13-10(7-17)12(13)14-11(20-16)8-19-15(21-14)9-5-3-2-4-6-9/h2-6,10-16H,7-8H2,1H3/t10-,11-,12-,13+,14-,15-,16+/m1/s1. The molecule has 1 aliphatic carbocycles. The maximum absolute atomic E-state index is 6.19. The highest BCUT2D eigenvalue weighted by Crippen LogP contribution is 2.58. The number of fused-ring (bicyclic) bond motifs is 3. The highest BCUT2D eigenvalue weighted by Gasteiger charge is 2.65. The summed E-state index contributed by atoms with van der Waals surface area (Å²) >= 11 is 6.08. The molecule has 3 aliphatic rings. The first-order valence-electron chi connectivity index (χ1n) is 7.39. The van der Waals surface area contributed by atoms with Crippen LogP contribution in [0.15, 0.2) is 30.3 Å². The zero-order valence-electron chi connectivity index (χ0n) is 11.9. The Hall–Kier alpha value is -0.650. The van der Waals surface area contributed by atoms with E-state index in [1.165, 1.54) is 0 Å². The summed E-state index contributed by atoms with van der Waals surface area (Å²) in [6.07, 6.45) is -0.513. The Bertz CT molecular complexity index is 496. The second-order valence-corrected chi connectivity index (χ2v) is 6.24. The summed E-state index contributed by atoms with van der Waals surface area (Å²) in [5.41, 5.74) is 1.05. The Labute approximate surface area is 129 Å². The third-order valence-electron chi connectivity index (χ3n) is 4.84. The lowest BCUT2D eigenvalue weighted by Gasteiger charge is -2.41. The molecule has 0 amide bonds. The van der Waals surface area contributed by atoms with Crippen LogP contribution < -0.4 is 0 Å². The van der Waals surface area contributed by atoms with E-state index in [0.717, 1.165) is 5.56 Å². The average molecular weight is 311 g/mol. The maximum atomic E-state index is 6.19. The van der Waals surface area contributed by atoms with Gasteiger partial charge in [-0.2, -0.15) is 0 Å². The van der Waals surface area contributed by atoms with Gasteiger partial charge in [-0.25, -0.2) is 0 Å². The second kappa shape index (κ2) is 5.52. The lowest BCUT2D eigenvalue weighted by molar-refractivity contribution is -0.316. The van der Waals surface area contributed by atoms with E-state index in [2.05, 4.69) is 0 Å². The predicted octanol–water partition coefficient (Wildman–Crippen LogP) is 2.57. The van der Waals surface area contributed by atoms with Crippen molar-refractivity contribution in [3.8, 4) is 0 Å². The fourth-order valence-corrected chi connectivity index (χ4v) is 4.15. The molecule has 4 nitrogen and oxygen atoms in total. The molecule has 1 aromatic carbocycles. The number of benzene rings is 1. The molecule has 0 radical (unpaired) electrons. The maximum Gasteiger partial charge on any atom is 0.184 e. The van der Waals surface area contributed by atoms with Gasteiger partial charge in [-0.1, -0.05) is 30.3 Å². The number of hydrogen-bond donors (Lipinski definition) is 0. The first kappa shape index (κ1) is 14.0. The van der Waals surface area contributed by atoms with Gasteiger partial charge in [0.15, 0.2) is 12.6 Å². The zero-order chi connectivity index (χ0) is 14.4. The van der Waals surface area contributed by atoms with Gasteiger partial charge < -0.3 is 18.9 Å². The van der Waals surface area contributed by atoms with Gasteiger partial charge in [0.2, 0.25) is 0 Å². The van der Waals surface area contributed by atoms with Gasteiger partial charge in [0, 0.05) is 30.4 Å². The Morgan fingerprint density at radius 3 is 2.71 bits per heavy atom. The smallest absolute Gasteiger partial charge is 0.184 e. The molecule has 4 rings (SSSR count). The van der Waals surface area contributed by atoms with Crippen LogP contribution >= 0.6 is 11.6 Å². The molecule has 2 saturated heterocycles. The van der Waals surface area contributed by atoms with Crippen LogP contribution in [0.3, 0.4) is 0 Å². The predicted molar refractivity (Wildman–Crippen MR) is 76.9 cm³/mol. The van der Waals surface area contributed by atoms with Crippen molar-refractivity contribution in [2.24, 2.45) is 17.8 Å². The van der Waals surface area contributed by atoms with Crippen LogP contribution in [-0.4, -0.2) is 38.1 Å². The van der Waals surface area contributed by atoms with E-state index in [4.69, 9.17) is 30.5 Å². The molecule has 0 spiro atoms. The SMILES string of the molecule is CO[C@H]1O[C@@H]2CO[C@@H](c3ccccc3)O[C@H]2[C@@H]2[C@@H](CCl)[C@H]12. The van der Waals surface area contributed by atoms with Crippen LogP contribution in [0.25, 0.3) is 0 Å². The Morgan fingerprint density at radius 1 is 1.19 bits per heavy atom. The molecule has 2 aliphatic heterocycles. The van der Waals surface area contributed by atoms with Crippen LogP contribution in [0.2, 0.25) is 0 Å². The van der Waals surface area contributed by atoms with Crippen LogP contribution in [-0.2, 0) is 18.9 Å². The van der Waals surface area contributed by atoms with E-state index in [9.17, 15) is 0 Å². The van der Waals surface area contributed by atoms with E-state index in [1.54, 1.807) is 7.11 Å². The molecule has 0 aromatic heterocycles. The van der Waals surface area contributed by atoms with Crippen molar-refractivity contribution >= 4 is 11.6 Å². The molecule has 21 heavy (non-hydrogen) atoms. The minimum atomic E-state index is -0.313. The summed E-state index contributed by atoms with van der Waals surface area (Å²) < 4.78 is 23.4. The molecular weight excluding hydrogens is 292 g/mol. The summed E-state index contributed by atoms with van der Waals surface area (Å²) in [6, 6.07) is 10.0. The Balaban J connectivity index is 1.52. The van der Waals surface area contributed by atoms with E-state index in [-0.39, 0.29) is 24.8 Å². The van der Waals surface area contributed by atoms with Gasteiger partial charge in [0.25, 0.3) is 0 Å². The molecule has 2 heterocycles. The number of alkyl halides is 1. The van der Waals surface area contributed by atoms with Crippen LogP contribution in [0, 0.1) is 17.8 Å². The quantitative estimate of drug-likeness (QED) is 0.804. The van der Waals surface area contributed by atoms with E-state index in [0.29, 0.717) is 30.2 Å². The number of halogens is 1. The van der Waals surface area contributed by atoms with Gasteiger partial charge in [-0.15, -0.1) is 11.6 Å². The first-order valence-corrected chi connectivity index (χ1v) is 7.93. The lowest BCUT2D eigenvalue weighted by atomic mass is 10.0. The minimum Gasteiger partial charge on any atom is -0.356 e. The van der Waals surface area contributed by atoms with Gasteiger partial charge in [-0.05, 0) is 5.92 Å². The summed E-state index contributed by atoms with van der Waals surface area (Å²) in [4.78, 5) is 0. The summed E-state index contributed by atoms with van der Waals surface area (Å²) in [5.74, 6) is 1.81. The van der Waals surface area contributed by atoms with E-state index < -0.39 is 0 Å². The van der Waals surface area contributed by atoms with Crippen molar-refractivity contribution in [3.63, 3.8) is 0 Å². The van der Waals surface area contributed by atoms with Crippen molar-refractivity contribution in [2.75, 3.05) is 19.6 Å². The fourth-order valence-electron chi connectivity index (χ4n) is 3.74. The van der Waals surface area contributed by atoms with Crippen molar-refractivity contribution in [1.29, 1.82) is 0 Å². The zero-order valence-corrected chi connectivity index (χ0v) is 12.6. The molecule has 5 heteroatoms. The van der Waals surface area contributed by atoms with Gasteiger partial charge in [0.1, 0.15) is 6.10 Å². The van der Waals surface area contributed by atoms with Crippen molar-refractivity contribution in [3.05, 3.63) is 35.9 Å².